The fourth-order valence-corrected chi connectivity index (χ4v) is 2.17. The Morgan fingerprint density at radius 2 is 1.85 bits per heavy atom. The zero-order valence-corrected chi connectivity index (χ0v) is 11.7. The highest BCUT2D eigenvalue weighted by Crippen LogP contribution is 2.14. The SMILES string of the molecule is CN1CCC(N(C)C(=O)N[C@@H](CC(=O)O)C(=O)O)CC1. The molecule has 1 heterocycles. The first-order valence-electron chi connectivity index (χ1n) is 6.47. The second-order valence-corrected chi connectivity index (χ2v) is 5.08. The topological polar surface area (TPSA) is 110 Å². The molecule has 8 heteroatoms. The van der Waals surface area contributed by atoms with Crippen molar-refractivity contribution in [3.05, 3.63) is 0 Å². The Bertz CT molecular complexity index is 379. The second kappa shape index (κ2) is 7.09. The molecule has 1 rings (SSSR count). The van der Waals surface area contributed by atoms with Crippen LogP contribution < -0.4 is 5.32 Å². The minimum absolute atomic E-state index is 0.0467. The van der Waals surface area contributed by atoms with Gasteiger partial charge < -0.3 is 25.3 Å². The number of carboxylic acid groups (broad SMARTS) is 2. The molecule has 0 aliphatic carbocycles. The minimum Gasteiger partial charge on any atom is -0.481 e. The molecule has 1 atom stereocenters. The molecule has 0 saturated carbocycles. The zero-order valence-electron chi connectivity index (χ0n) is 11.7. The monoisotopic (exact) mass is 287 g/mol. The number of nitrogens with zero attached hydrogens (tertiary/aromatic N) is 2. The van der Waals surface area contributed by atoms with Gasteiger partial charge in [-0.15, -0.1) is 0 Å². The molecule has 0 radical (unpaired) electrons. The summed E-state index contributed by atoms with van der Waals surface area (Å²) in [6.07, 6.45) is 0.997. The molecule has 8 nitrogen and oxygen atoms in total. The summed E-state index contributed by atoms with van der Waals surface area (Å²) >= 11 is 0. The fourth-order valence-electron chi connectivity index (χ4n) is 2.17. The van der Waals surface area contributed by atoms with E-state index in [9.17, 15) is 14.4 Å². The van der Waals surface area contributed by atoms with Crippen LogP contribution in [0.5, 0.6) is 0 Å². The van der Waals surface area contributed by atoms with Gasteiger partial charge in [-0.3, -0.25) is 4.79 Å². The molecule has 2 amide bonds. The molecular weight excluding hydrogens is 266 g/mol. The molecule has 114 valence electrons. The molecule has 1 fully saturated rings. The molecule has 3 N–H and O–H groups in total. The third-order valence-corrected chi connectivity index (χ3v) is 3.53. The summed E-state index contributed by atoms with van der Waals surface area (Å²) in [5.41, 5.74) is 0. The van der Waals surface area contributed by atoms with Gasteiger partial charge in [0.15, 0.2) is 0 Å². The van der Waals surface area contributed by atoms with Gasteiger partial charge in [-0.2, -0.15) is 0 Å². The first kappa shape index (κ1) is 16.2. The Balaban J connectivity index is 2.55. The van der Waals surface area contributed by atoms with Gasteiger partial charge in [0.2, 0.25) is 0 Å². The first-order valence-corrected chi connectivity index (χ1v) is 6.47. The molecule has 0 aromatic carbocycles. The van der Waals surface area contributed by atoms with Gasteiger partial charge in [-0.05, 0) is 33.0 Å². The molecular formula is C12H21N3O5. The van der Waals surface area contributed by atoms with Gasteiger partial charge in [0, 0.05) is 13.1 Å². The summed E-state index contributed by atoms with van der Waals surface area (Å²) in [6, 6.07) is -1.91. The number of carbonyl (C=O) groups is 3. The molecule has 20 heavy (non-hydrogen) atoms. The van der Waals surface area contributed by atoms with E-state index in [2.05, 4.69) is 10.2 Å². The van der Waals surface area contributed by atoms with Crippen LogP contribution in [0.3, 0.4) is 0 Å². The number of rotatable bonds is 5. The second-order valence-electron chi connectivity index (χ2n) is 5.08. The van der Waals surface area contributed by atoms with Crippen LogP contribution in [0.4, 0.5) is 4.79 Å². The number of carboxylic acids is 2. The number of hydrogen-bond acceptors (Lipinski definition) is 4. The number of likely N-dealkylation sites (tertiary alicyclic amines) is 1. The summed E-state index contributed by atoms with van der Waals surface area (Å²) in [4.78, 5) is 37.1. The predicted molar refractivity (Wildman–Crippen MR) is 70.5 cm³/mol. The maximum atomic E-state index is 12.0. The van der Waals surface area contributed by atoms with Gasteiger partial charge in [0.05, 0.1) is 6.42 Å². The van der Waals surface area contributed by atoms with Crippen molar-refractivity contribution in [3.8, 4) is 0 Å². The van der Waals surface area contributed by atoms with Crippen molar-refractivity contribution in [1.82, 2.24) is 15.1 Å². The molecule has 0 aromatic heterocycles. The Morgan fingerprint density at radius 3 is 2.30 bits per heavy atom. The highest BCUT2D eigenvalue weighted by Gasteiger charge is 2.28. The molecule has 1 aliphatic rings. The lowest BCUT2D eigenvalue weighted by molar-refractivity contribution is -0.145. The Morgan fingerprint density at radius 1 is 1.30 bits per heavy atom. The van der Waals surface area contributed by atoms with Crippen LogP contribution in [0.25, 0.3) is 0 Å². The number of hydrogen-bond donors (Lipinski definition) is 3. The lowest BCUT2D eigenvalue weighted by atomic mass is 10.0. The predicted octanol–water partition coefficient (Wildman–Crippen LogP) is -0.350. The molecule has 1 aliphatic heterocycles. The van der Waals surface area contributed by atoms with Gasteiger partial charge in [-0.25, -0.2) is 9.59 Å². The Labute approximate surface area is 117 Å². The average molecular weight is 287 g/mol. The molecule has 0 aromatic rings. The summed E-state index contributed by atoms with van der Waals surface area (Å²) in [6.45, 7) is 1.75. The third kappa shape index (κ3) is 4.69. The van der Waals surface area contributed by atoms with Crippen molar-refractivity contribution in [2.75, 3.05) is 27.2 Å². The minimum atomic E-state index is -1.41. The average Bonchev–Trinajstić information content (AvgIpc) is 2.37. The standard InChI is InChI=1S/C12H21N3O5/c1-14-5-3-8(4-6-14)15(2)12(20)13-9(11(18)19)7-10(16)17/h8-9H,3-7H2,1-2H3,(H,13,20)(H,16,17)(H,18,19)/t9-/m0/s1. The highest BCUT2D eigenvalue weighted by atomic mass is 16.4. The smallest absolute Gasteiger partial charge is 0.326 e. The Hall–Kier alpha value is -1.83. The van der Waals surface area contributed by atoms with Crippen LogP contribution in [0.1, 0.15) is 19.3 Å². The number of carbonyl (C=O) groups excluding carboxylic acids is 1. The van der Waals surface area contributed by atoms with Crippen LogP contribution in [0.15, 0.2) is 0 Å². The molecule has 0 unspecified atom stereocenters. The van der Waals surface area contributed by atoms with E-state index < -0.39 is 30.4 Å². The van der Waals surface area contributed by atoms with E-state index >= 15 is 0 Å². The lowest BCUT2D eigenvalue weighted by Crippen LogP contribution is -2.52. The van der Waals surface area contributed by atoms with Crippen LogP contribution in [0, 0.1) is 0 Å². The summed E-state index contributed by atoms with van der Waals surface area (Å²) < 4.78 is 0. The van der Waals surface area contributed by atoms with Gasteiger partial charge in [0.1, 0.15) is 6.04 Å². The van der Waals surface area contributed by atoms with Crippen molar-refractivity contribution >= 4 is 18.0 Å². The van der Waals surface area contributed by atoms with Gasteiger partial charge in [-0.1, -0.05) is 0 Å². The first-order chi connectivity index (χ1) is 9.31. The number of amides is 2. The van der Waals surface area contributed by atoms with Crippen LogP contribution in [0.2, 0.25) is 0 Å². The highest BCUT2D eigenvalue weighted by molar-refractivity contribution is 5.86. The van der Waals surface area contributed by atoms with Gasteiger partial charge >= 0.3 is 18.0 Å². The van der Waals surface area contributed by atoms with Crippen LogP contribution in [-0.4, -0.2) is 77.3 Å². The summed E-state index contributed by atoms with van der Waals surface area (Å²) in [5, 5.41) is 19.8. The number of nitrogens with one attached hydrogen (secondary N) is 1. The number of urea groups is 1. The number of aliphatic carboxylic acids is 2. The third-order valence-electron chi connectivity index (χ3n) is 3.53. The Kier molecular flexibility index (Phi) is 5.75. The molecule has 1 saturated heterocycles. The maximum absolute atomic E-state index is 12.0. The van der Waals surface area contributed by atoms with Crippen molar-refractivity contribution in [2.45, 2.75) is 31.3 Å². The van der Waals surface area contributed by atoms with Crippen molar-refractivity contribution < 1.29 is 24.6 Å². The van der Waals surface area contributed by atoms with Crippen LogP contribution >= 0.6 is 0 Å². The number of piperidine rings is 1. The maximum Gasteiger partial charge on any atom is 0.326 e. The van der Waals surface area contributed by atoms with E-state index in [-0.39, 0.29) is 6.04 Å². The van der Waals surface area contributed by atoms with E-state index in [1.165, 1.54) is 4.90 Å². The summed E-state index contributed by atoms with van der Waals surface area (Å²) in [7, 11) is 3.61. The van der Waals surface area contributed by atoms with Crippen molar-refractivity contribution in [2.24, 2.45) is 0 Å². The van der Waals surface area contributed by atoms with E-state index in [4.69, 9.17) is 10.2 Å². The van der Waals surface area contributed by atoms with E-state index in [1.54, 1.807) is 7.05 Å². The van der Waals surface area contributed by atoms with E-state index in [1.807, 2.05) is 7.05 Å². The van der Waals surface area contributed by atoms with Crippen LogP contribution in [-0.2, 0) is 9.59 Å². The summed E-state index contributed by atoms with van der Waals surface area (Å²) in [5.74, 6) is -2.61. The quantitative estimate of drug-likeness (QED) is 0.637. The van der Waals surface area contributed by atoms with E-state index in [0.717, 1.165) is 25.9 Å². The lowest BCUT2D eigenvalue weighted by Gasteiger charge is -2.35. The largest absolute Gasteiger partial charge is 0.481 e. The molecule has 0 spiro atoms. The van der Waals surface area contributed by atoms with E-state index in [0.29, 0.717) is 0 Å². The fraction of sp³-hybridized carbons (Fsp3) is 0.750. The zero-order chi connectivity index (χ0) is 15.3. The van der Waals surface area contributed by atoms with Crippen molar-refractivity contribution in [1.29, 1.82) is 0 Å². The molecule has 0 bridgehead atoms. The van der Waals surface area contributed by atoms with Gasteiger partial charge in [0.25, 0.3) is 0 Å². The van der Waals surface area contributed by atoms with Crippen molar-refractivity contribution in [3.63, 3.8) is 0 Å². The normalized spacial score (nSPS) is 18.3.